The molecule has 1 aromatic carbocycles. The first-order chi connectivity index (χ1) is 9.29. The number of nitrogens with two attached hydrogens (primary N) is 1. The van der Waals surface area contributed by atoms with Gasteiger partial charge < -0.3 is 10.6 Å². The molecule has 1 saturated heterocycles. The summed E-state index contributed by atoms with van der Waals surface area (Å²) in [6.07, 6.45) is 5.15. The number of carbonyl (C=O) groups excluding carboxylic acids is 1. The lowest BCUT2D eigenvalue weighted by atomic mass is 10.0. The Hall–Kier alpha value is -1.19. The quantitative estimate of drug-likeness (QED) is 0.765. The van der Waals surface area contributed by atoms with Gasteiger partial charge in [-0.2, -0.15) is 0 Å². The monoisotopic (exact) mass is 260 g/mol. The lowest BCUT2D eigenvalue weighted by molar-refractivity contribution is 0.0976. The summed E-state index contributed by atoms with van der Waals surface area (Å²) < 4.78 is 0. The largest absolute Gasteiger partial charge is 0.330 e. The van der Waals surface area contributed by atoms with Gasteiger partial charge in [-0.1, -0.05) is 24.3 Å². The first kappa shape index (κ1) is 14.2. The van der Waals surface area contributed by atoms with E-state index < -0.39 is 0 Å². The molecule has 0 amide bonds. The summed E-state index contributed by atoms with van der Waals surface area (Å²) in [5.41, 5.74) is 7.55. The van der Waals surface area contributed by atoms with Gasteiger partial charge in [-0.3, -0.25) is 4.79 Å². The zero-order valence-corrected chi connectivity index (χ0v) is 11.6. The van der Waals surface area contributed by atoms with E-state index in [-0.39, 0.29) is 5.78 Å². The van der Waals surface area contributed by atoms with Crippen LogP contribution in [0, 0.1) is 0 Å². The maximum Gasteiger partial charge on any atom is 0.162 e. The fourth-order valence-corrected chi connectivity index (χ4v) is 2.64. The minimum atomic E-state index is 0.262. The summed E-state index contributed by atoms with van der Waals surface area (Å²) in [7, 11) is 0. The number of benzene rings is 1. The molecule has 3 nitrogen and oxygen atoms in total. The molecule has 1 aliphatic rings. The normalized spacial score (nSPS) is 15.8. The maximum atomic E-state index is 12.0. The zero-order chi connectivity index (χ0) is 13.5. The number of hydrogen-bond donors (Lipinski definition) is 1. The molecule has 0 aliphatic carbocycles. The molecular formula is C16H24N2O. The highest BCUT2D eigenvalue weighted by Crippen LogP contribution is 2.11. The van der Waals surface area contributed by atoms with Crippen molar-refractivity contribution in [3.8, 4) is 0 Å². The molecule has 3 heteroatoms. The first-order valence-corrected chi connectivity index (χ1v) is 7.34. The van der Waals surface area contributed by atoms with E-state index in [2.05, 4.69) is 4.90 Å². The van der Waals surface area contributed by atoms with E-state index in [9.17, 15) is 4.79 Å². The van der Waals surface area contributed by atoms with Crippen molar-refractivity contribution in [3.63, 3.8) is 0 Å². The fraction of sp³-hybridized carbons (Fsp3) is 0.562. The smallest absolute Gasteiger partial charge is 0.162 e. The molecule has 0 unspecified atom stereocenters. The van der Waals surface area contributed by atoms with Crippen molar-refractivity contribution in [1.82, 2.24) is 4.90 Å². The predicted octanol–water partition coefficient (Wildman–Crippen LogP) is 2.25. The third-order valence-electron chi connectivity index (χ3n) is 3.79. The van der Waals surface area contributed by atoms with Gasteiger partial charge in [0.05, 0.1) is 0 Å². The van der Waals surface area contributed by atoms with Crippen molar-refractivity contribution >= 4 is 5.78 Å². The Morgan fingerprint density at radius 1 is 1.16 bits per heavy atom. The van der Waals surface area contributed by atoms with Crippen LogP contribution in [0.4, 0.5) is 0 Å². The average molecular weight is 260 g/mol. The second-order valence-corrected chi connectivity index (χ2v) is 5.31. The fourth-order valence-electron chi connectivity index (χ4n) is 2.64. The summed E-state index contributed by atoms with van der Waals surface area (Å²) in [4.78, 5) is 14.5. The topological polar surface area (TPSA) is 46.3 Å². The summed E-state index contributed by atoms with van der Waals surface area (Å²) in [6.45, 7) is 4.14. The van der Waals surface area contributed by atoms with Gasteiger partial charge in [-0.05, 0) is 57.4 Å². The zero-order valence-electron chi connectivity index (χ0n) is 11.6. The number of rotatable bonds is 7. The maximum absolute atomic E-state index is 12.0. The summed E-state index contributed by atoms with van der Waals surface area (Å²) in [5.74, 6) is 0.262. The van der Waals surface area contributed by atoms with Crippen molar-refractivity contribution in [3.05, 3.63) is 35.4 Å². The summed E-state index contributed by atoms with van der Waals surface area (Å²) >= 11 is 0. The summed E-state index contributed by atoms with van der Waals surface area (Å²) in [6, 6.07) is 7.90. The highest BCUT2D eigenvalue weighted by Gasteiger charge is 2.12. The van der Waals surface area contributed by atoms with Crippen LogP contribution in [0.1, 0.15) is 41.6 Å². The first-order valence-electron chi connectivity index (χ1n) is 7.34. The highest BCUT2D eigenvalue weighted by atomic mass is 16.1. The van der Waals surface area contributed by atoms with Crippen LogP contribution in [0.3, 0.4) is 0 Å². The van der Waals surface area contributed by atoms with Gasteiger partial charge in [0.15, 0.2) is 5.78 Å². The number of carbonyl (C=O) groups is 1. The molecule has 19 heavy (non-hydrogen) atoms. The number of ketones is 1. The minimum absolute atomic E-state index is 0.262. The molecule has 0 bridgehead atoms. The van der Waals surface area contributed by atoms with Gasteiger partial charge in [0.1, 0.15) is 0 Å². The second kappa shape index (κ2) is 7.41. The van der Waals surface area contributed by atoms with Gasteiger partial charge in [0, 0.05) is 12.0 Å². The van der Waals surface area contributed by atoms with Crippen molar-refractivity contribution < 1.29 is 4.79 Å². The van der Waals surface area contributed by atoms with Gasteiger partial charge in [0.2, 0.25) is 0 Å². The van der Waals surface area contributed by atoms with Crippen LogP contribution in [0.5, 0.6) is 0 Å². The second-order valence-electron chi connectivity index (χ2n) is 5.31. The lowest BCUT2D eigenvalue weighted by Crippen LogP contribution is -2.21. The van der Waals surface area contributed by atoms with Crippen LogP contribution >= 0.6 is 0 Å². The van der Waals surface area contributed by atoms with Crippen LogP contribution in [-0.2, 0) is 6.42 Å². The Morgan fingerprint density at radius 2 is 1.84 bits per heavy atom. The number of likely N-dealkylation sites (tertiary alicyclic amines) is 1. The SMILES string of the molecule is NCCc1ccc(C(=O)CCCN2CCCC2)cc1. The molecule has 0 spiro atoms. The van der Waals surface area contributed by atoms with Crippen molar-refractivity contribution in [2.75, 3.05) is 26.2 Å². The Morgan fingerprint density at radius 3 is 2.47 bits per heavy atom. The number of hydrogen-bond acceptors (Lipinski definition) is 3. The molecule has 1 aliphatic heterocycles. The summed E-state index contributed by atoms with van der Waals surface area (Å²) in [5, 5.41) is 0. The molecule has 1 fully saturated rings. The van der Waals surface area contributed by atoms with Crippen LogP contribution < -0.4 is 5.73 Å². The Balaban J connectivity index is 1.75. The molecule has 0 saturated carbocycles. The van der Waals surface area contributed by atoms with E-state index in [1.54, 1.807) is 0 Å². The minimum Gasteiger partial charge on any atom is -0.330 e. The van der Waals surface area contributed by atoms with E-state index in [4.69, 9.17) is 5.73 Å². The molecular weight excluding hydrogens is 236 g/mol. The van der Waals surface area contributed by atoms with E-state index in [1.165, 1.54) is 31.5 Å². The Labute approximate surface area is 115 Å². The van der Waals surface area contributed by atoms with E-state index in [0.29, 0.717) is 13.0 Å². The number of nitrogens with zero attached hydrogens (tertiary/aromatic N) is 1. The van der Waals surface area contributed by atoms with Gasteiger partial charge in [0.25, 0.3) is 0 Å². The molecule has 1 heterocycles. The molecule has 0 atom stereocenters. The Kier molecular flexibility index (Phi) is 5.55. The Bertz CT molecular complexity index is 394. The van der Waals surface area contributed by atoms with Gasteiger partial charge in [-0.15, -0.1) is 0 Å². The van der Waals surface area contributed by atoms with E-state index >= 15 is 0 Å². The number of Topliss-reactive ketones (excluding diaryl/α,β-unsaturated/α-hetero) is 1. The third kappa shape index (κ3) is 4.44. The van der Waals surface area contributed by atoms with Crippen molar-refractivity contribution in [2.45, 2.75) is 32.1 Å². The van der Waals surface area contributed by atoms with Gasteiger partial charge in [-0.25, -0.2) is 0 Å². The third-order valence-corrected chi connectivity index (χ3v) is 3.79. The molecule has 2 N–H and O–H groups in total. The lowest BCUT2D eigenvalue weighted by Gasteiger charge is -2.13. The highest BCUT2D eigenvalue weighted by molar-refractivity contribution is 5.96. The van der Waals surface area contributed by atoms with Crippen LogP contribution in [0.25, 0.3) is 0 Å². The molecule has 1 aromatic rings. The predicted molar refractivity (Wildman–Crippen MR) is 78.4 cm³/mol. The van der Waals surface area contributed by atoms with Crippen molar-refractivity contribution in [1.29, 1.82) is 0 Å². The average Bonchev–Trinajstić information content (AvgIpc) is 2.93. The standard InChI is InChI=1S/C16H24N2O/c17-10-9-14-5-7-15(8-6-14)16(19)4-3-13-18-11-1-2-12-18/h5-8H,1-4,9-13,17H2. The molecule has 0 aromatic heterocycles. The van der Waals surface area contributed by atoms with Crippen LogP contribution in [0.15, 0.2) is 24.3 Å². The molecule has 2 rings (SSSR count). The van der Waals surface area contributed by atoms with Crippen LogP contribution in [-0.4, -0.2) is 36.9 Å². The van der Waals surface area contributed by atoms with Gasteiger partial charge >= 0.3 is 0 Å². The molecule has 0 radical (unpaired) electrons. The van der Waals surface area contributed by atoms with Crippen LogP contribution in [0.2, 0.25) is 0 Å². The van der Waals surface area contributed by atoms with E-state index in [1.807, 2.05) is 24.3 Å². The van der Waals surface area contributed by atoms with Crippen molar-refractivity contribution in [2.24, 2.45) is 5.73 Å². The molecule has 104 valence electrons. The van der Waals surface area contributed by atoms with E-state index in [0.717, 1.165) is 24.9 Å².